The van der Waals surface area contributed by atoms with Crippen LogP contribution >= 0.6 is 0 Å². The second-order valence-corrected chi connectivity index (χ2v) is 8.71. The minimum absolute atomic E-state index is 0.267. The van der Waals surface area contributed by atoms with Gasteiger partial charge in [0.05, 0.1) is 20.3 Å². The van der Waals surface area contributed by atoms with Gasteiger partial charge in [-0.2, -0.15) is 0 Å². The molecule has 1 fully saturated rings. The number of aliphatic carboxylic acids is 4. The number of hydrogen-bond donors (Lipinski definition) is 5. The molecule has 230 valence electrons. The van der Waals surface area contributed by atoms with Crippen LogP contribution < -0.4 is 9.47 Å². The van der Waals surface area contributed by atoms with Gasteiger partial charge in [0.1, 0.15) is 11.5 Å². The Kier molecular flexibility index (Phi) is 20.6. The molecule has 5 N–H and O–H groups in total. The Labute approximate surface area is 239 Å². The number of ether oxygens (including phenoxy) is 2. The average molecular weight is 583 g/mol. The Balaban J connectivity index is 0.000000820. The molecule has 0 atom stereocenters. The monoisotopic (exact) mass is 582 g/mol. The van der Waals surface area contributed by atoms with Crippen LogP contribution in [0.4, 0.5) is 0 Å². The maximum atomic E-state index is 9.55. The summed E-state index contributed by atoms with van der Waals surface area (Å²) in [6.45, 7) is 9.54. The molecule has 0 saturated carbocycles. The summed E-state index contributed by atoms with van der Waals surface area (Å²) in [5.74, 6) is -3.13. The molecule has 13 heteroatoms. The summed E-state index contributed by atoms with van der Waals surface area (Å²) in [6, 6.07) is 6.09. The van der Waals surface area contributed by atoms with Crippen LogP contribution in [0.5, 0.6) is 11.5 Å². The van der Waals surface area contributed by atoms with E-state index >= 15 is 0 Å². The number of unbranched alkanes of at least 4 members (excludes halogenated alkanes) is 1. The summed E-state index contributed by atoms with van der Waals surface area (Å²) in [5, 5.41) is 40.2. The van der Waals surface area contributed by atoms with Gasteiger partial charge in [-0.1, -0.05) is 13.3 Å². The van der Waals surface area contributed by atoms with E-state index in [1.807, 2.05) is 12.1 Å². The van der Waals surface area contributed by atoms with Gasteiger partial charge in [0.15, 0.2) is 0 Å². The molecule has 2 rings (SSSR count). The molecular weight excluding hydrogens is 540 g/mol. The predicted octanol–water partition coefficient (Wildman–Crippen LogP) is 1.84. The van der Waals surface area contributed by atoms with Crippen LogP contribution in [0.3, 0.4) is 0 Å². The molecular formula is C28H42N2O11. The first kappa shape index (κ1) is 37.1. The maximum absolute atomic E-state index is 9.55. The van der Waals surface area contributed by atoms with E-state index in [1.165, 1.54) is 12.0 Å². The highest BCUT2D eigenvalue weighted by molar-refractivity contribution is 5.90. The number of piperazine rings is 1. The normalized spacial score (nSPS) is 13.5. The minimum atomic E-state index is -1.26. The number of carboxylic acids is 4. The van der Waals surface area contributed by atoms with E-state index in [0.29, 0.717) is 24.3 Å². The maximum Gasteiger partial charge on any atom is 0.328 e. The molecule has 0 bridgehead atoms. The second kappa shape index (κ2) is 22.8. The van der Waals surface area contributed by atoms with Gasteiger partial charge in [-0.3, -0.25) is 4.90 Å². The van der Waals surface area contributed by atoms with Crippen LogP contribution in [-0.2, 0) is 25.6 Å². The zero-order valence-corrected chi connectivity index (χ0v) is 23.6. The van der Waals surface area contributed by atoms with Crippen molar-refractivity contribution >= 4 is 23.9 Å². The first-order chi connectivity index (χ1) is 19.5. The van der Waals surface area contributed by atoms with Crippen molar-refractivity contribution in [3.05, 3.63) is 48.1 Å². The molecule has 1 aromatic carbocycles. The van der Waals surface area contributed by atoms with Crippen molar-refractivity contribution in [2.75, 3.05) is 59.6 Å². The highest BCUT2D eigenvalue weighted by atomic mass is 16.5. The van der Waals surface area contributed by atoms with Crippen LogP contribution in [0.25, 0.3) is 0 Å². The van der Waals surface area contributed by atoms with E-state index in [-0.39, 0.29) is 6.61 Å². The van der Waals surface area contributed by atoms with Crippen molar-refractivity contribution in [3.8, 4) is 11.5 Å². The zero-order valence-electron chi connectivity index (χ0n) is 23.6. The molecule has 1 aliphatic heterocycles. The van der Waals surface area contributed by atoms with Crippen molar-refractivity contribution in [3.63, 3.8) is 0 Å². The van der Waals surface area contributed by atoms with Crippen LogP contribution in [0.15, 0.2) is 42.5 Å². The quantitative estimate of drug-likeness (QED) is 0.149. The summed E-state index contributed by atoms with van der Waals surface area (Å²) in [6.07, 6.45) is 6.60. The van der Waals surface area contributed by atoms with E-state index in [9.17, 15) is 19.2 Å². The highest BCUT2D eigenvalue weighted by Gasteiger charge is 2.15. The number of aryl methyl sites for hydroxylation is 1. The summed E-state index contributed by atoms with van der Waals surface area (Å²) >= 11 is 0. The summed E-state index contributed by atoms with van der Waals surface area (Å²) < 4.78 is 11.3. The molecule has 1 saturated heterocycles. The molecule has 0 unspecified atom stereocenters. The molecule has 0 aromatic heterocycles. The fourth-order valence-electron chi connectivity index (χ4n) is 3.57. The van der Waals surface area contributed by atoms with Crippen molar-refractivity contribution in [1.29, 1.82) is 0 Å². The lowest BCUT2D eigenvalue weighted by molar-refractivity contribution is -0.134. The SMILES string of the molecule is CCCc1cc(OC)ccc1OCCCCN1CCN(CCO)CC1.O=C(O)/C=C\C(=O)O.O=C(O)/C=C\C(=O)O. The molecule has 13 nitrogen and oxygen atoms in total. The molecule has 0 radical (unpaired) electrons. The van der Waals surface area contributed by atoms with Gasteiger partial charge in [0.2, 0.25) is 0 Å². The van der Waals surface area contributed by atoms with Gasteiger partial charge < -0.3 is 39.9 Å². The molecule has 41 heavy (non-hydrogen) atoms. The number of carboxylic acid groups (broad SMARTS) is 4. The highest BCUT2D eigenvalue weighted by Crippen LogP contribution is 2.25. The van der Waals surface area contributed by atoms with Crippen molar-refractivity contribution < 1.29 is 54.2 Å². The third kappa shape index (κ3) is 20.6. The topological polar surface area (TPSA) is 194 Å². The number of nitrogens with zero attached hydrogens (tertiary/aromatic N) is 2. The lowest BCUT2D eigenvalue weighted by Gasteiger charge is -2.34. The Morgan fingerprint density at radius 1 is 0.805 bits per heavy atom. The number of methoxy groups -OCH3 is 1. The van der Waals surface area contributed by atoms with Crippen LogP contribution in [0, 0.1) is 0 Å². The number of aliphatic hydroxyl groups is 1. The number of benzene rings is 1. The Morgan fingerprint density at radius 3 is 1.71 bits per heavy atom. The van der Waals surface area contributed by atoms with E-state index in [2.05, 4.69) is 22.8 Å². The largest absolute Gasteiger partial charge is 0.497 e. The number of carbonyl (C=O) groups is 4. The molecule has 1 heterocycles. The molecule has 0 aliphatic carbocycles. The standard InChI is InChI=1S/C20H34N2O3.2C4H4O4/c1-3-6-18-17-19(24-2)7-8-20(18)25-16-5-4-9-21-10-12-22(13-11-21)14-15-23;2*5-3(6)1-2-4(7)8/h7-8,17,23H,3-6,9-16H2,1-2H3;2*1-2H,(H,5,6)(H,7,8)/b;2*2-1-. The van der Waals surface area contributed by atoms with Crippen LogP contribution in [0.2, 0.25) is 0 Å². The first-order valence-corrected chi connectivity index (χ1v) is 13.1. The molecule has 0 spiro atoms. The third-order valence-corrected chi connectivity index (χ3v) is 5.53. The second-order valence-electron chi connectivity index (χ2n) is 8.71. The van der Waals surface area contributed by atoms with Crippen LogP contribution in [0.1, 0.15) is 31.7 Å². The average Bonchev–Trinajstić information content (AvgIpc) is 2.93. The fraction of sp³-hybridized carbons (Fsp3) is 0.500. The van der Waals surface area contributed by atoms with Gasteiger partial charge in [0.25, 0.3) is 0 Å². The number of rotatable bonds is 15. The Morgan fingerprint density at radius 2 is 1.29 bits per heavy atom. The smallest absolute Gasteiger partial charge is 0.328 e. The summed E-state index contributed by atoms with van der Waals surface area (Å²) in [5.41, 5.74) is 1.24. The number of aliphatic hydroxyl groups excluding tert-OH is 1. The predicted molar refractivity (Wildman–Crippen MR) is 151 cm³/mol. The lowest BCUT2D eigenvalue weighted by atomic mass is 10.1. The zero-order chi connectivity index (χ0) is 31.0. The van der Waals surface area contributed by atoms with Gasteiger partial charge in [-0.25, -0.2) is 19.2 Å². The molecule has 1 aromatic rings. The van der Waals surface area contributed by atoms with Crippen molar-refractivity contribution in [1.82, 2.24) is 9.80 Å². The summed E-state index contributed by atoms with van der Waals surface area (Å²) in [7, 11) is 1.70. The van der Waals surface area contributed by atoms with Crippen molar-refractivity contribution in [2.24, 2.45) is 0 Å². The summed E-state index contributed by atoms with van der Waals surface area (Å²) in [4.78, 5) is 43.1. The van der Waals surface area contributed by atoms with Gasteiger partial charge in [-0.15, -0.1) is 0 Å². The Hall–Kier alpha value is -3.94. The fourth-order valence-corrected chi connectivity index (χ4v) is 3.57. The molecule has 1 aliphatic rings. The minimum Gasteiger partial charge on any atom is -0.497 e. The van der Waals surface area contributed by atoms with Crippen molar-refractivity contribution in [2.45, 2.75) is 32.6 Å². The van der Waals surface area contributed by atoms with Gasteiger partial charge in [0, 0.05) is 57.0 Å². The van der Waals surface area contributed by atoms with E-state index < -0.39 is 23.9 Å². The van der Waals surface area contributed by atoms with E-state index in [0.717, 1.165) is 76.6 Å². The van der Waals surface area contributed by atoms with E-state index in [1.54, 1.807) is 7.11 Å². The van der Waals surface area contributed by atoms with E-state index in [4.69, 9.17) is 35.0 Å². The number of β-amino-alcohol motifs (C(OH)–C–C–N with tert-alkyl or cyclic N) is 1. The van der Waals surface area contributed by atoms with Crippen LogP contribution in [-0.4, -0.2) is 119 Å². The lowest BCUT2D eigenvalue weighted by Crippen LogP contribution is -2.47. The third-order valence-electron chi connectivity index (χ3n) is 5.53. The first-order valence-electron chi connectivity index (χ1n) is 13.1. The van der Waals surface area contributed by atoms with Gasteiger partial charge >= 0.3 is 23.9 Å². The molecule has 0 amide bonds. The number of hydrogen-bond acceptors (Lipinski definition) is 9. The van der Waals surface area contributed by atoms with Gasteiger partial charge in [-0.05, 0) is 49.6 Å². The Bertz CT molecular complexity index is 921.